The molecule has 20 heavy (non-hydrogen) atoms. The van der Waals surface area contributed by atoms with Gasteiger partial charge in [-0.25, -0.2) is 0 Å². The molecule has 2 atom stereocenters. The second kappa shape index (κ2) is 3.85. The molecule has 3 aliphatic rings. The first kappa shape index (κ1) is 14.1. The van der Waals surface area contributed by atoms with Crippen molar-refractivity contribution in [3.05, 3.63) is 12.2 Å². The molecule has 0 aliphatic heterocycles. The lowest BCUT2D eigenvalue weighted by Gasteiger charge is -2.61. The summed E-state index contributed by atoms with van der Waals surface area (Å²) in [4.78, 5) is 0. The molecule has 1 fully saturated rings. The maximum atomic E-state index is 9.78. The second-order valence-electron chi connectivity index (χ2n) is 6.39. The summed E-state index contributed by atoms with van der Waals surface area (Å²) in [5.41, 5.74) is -4.74. The molecule has 2 bridgehead atoms. The third-order valence-electron chi connectivity index (χ3n) is 5.63. The summed E-state index contributed by atoms with van der Waals surface area (Å²) in [6.45, 7) is 5.70. The summed E-state index contributed by atoms with van der Waals surface area (Å²) in [6, 6.07) is 8.27. The quantitative estimate of drug-likeness (QED) is 0.680. The Bertz CT molecular complexity index is 618. The van der Waals surface area contributed by atoms with E-state index in [0.717, 1.165) is 0 Å². The summed E-state index contributed by atoms with van der Waals surface area (Å²) >= 11 is 0. The van der Waals surface area contributed by atoms with Gasteiger partial charge in [-0.15, -0.1) is 0 Å². The van der Waals surface area contributed by atoms with E-state index in [4.69, 9.17) is 0 Å². The lowest BCUT2D eigenvalue weighted by Crippen LogP contribution is -2.65. The number of hydrogen-bond acceptors (Lipinski definition) is 4. The minimum atomic E-state index is -1.63. The summed E-state index contributed by atoms with van der Waals surface area (Å²) in [5, 5.41) is 39.0. The average Bonchev–Trinajstić information content (AvgIpc) is 2.46. The van der Waals surface area contributed by atoms with Gasteiger partial charge in [-0.3, -0.25) is 0 Å². The number of allylic oxidation sites excluding steroid dienone is 2. The van der Waals surface area contributed by atoms with Gasteiger partial charge in [0.2, 0.25) is 0 Å². The molecule has 0 N–H and O–H groups in total. The van der Waals surface area contributed by atoms with Crippen LogP contribution in [0.25, 0.3) is 0 Å². The van der Waals surface area contributed by atoms with Crippen LogP contribution in [0.4, 0.5) is 0 Å². The van der Waals surface area contributed by atoms with E-state index in [1.807, 2.05) is 32.9 Å². The van der Waals surface area contributed by atoms with Crippen LogP contribution in [-0.2, 0) is 0 Å². The van der Waals surface area contributed by atoms with Crippen molar-refractivity contribution in [1.29, 1.82) is 21.0 Å². The molecule has 0 aromatic rings. The summed E-state index contributed by atoms with van der Waals surface area (Å²) in [7, 11) is 0. The molecule has 0 aromatic heterocycles. The molecule has 1 saturated carbocycles. The van der Waals surface area contributed by atoms with Gasteiger partial charge in [0.05, 0.1) is 24.3 Å². The summed E-state index contributed by atoms with van der Waals surface area (Å²) in [6.07, 6.45) is 5.11. The van der Waals surface area contributed by atoms with E-state index in [1.165, 1.54) is 0 Å². The standard InChI is InChI=1S/C16H16N4/c1-12(2)14-6-4-13(3,5-7-14)15(8-17,9-18)16(14,10-19)11-20/h4,6,12H,5,7H2,1-3H3/t13-,14+/m1/s1. The van der Waals surface area contributed by atoms with E-state index < -0.39 is 21.7 Å². The number of rotatable bonds is 1. The monoisotopic (exact) mass is 264 g/mol. The first-order valence-electron chi connectivity index (χ1n) is 6.71. The third-order valence-corrected chi connectivity index (χ3v) is 5.63. The Labute approximate surface area is 119 Å². The first-order valence-corrected chi connectivity index (χ1v) is 6.71. The number of fused-ring (bicyclic) bond motifs is 2. The van der Waals surface area contributed by atoms with Gasteiger partial charge in [-0.1, -0.05) is 32.9 Å². The lowest BCUT2D eigenvalue weighted by atomic mass is 9.34. The van der Waals surface area contributed by atoms with Gasteiger partial charge < -0.3 is 0 Å². The van der Waals surface area contributed by atoms with Gasteiger partial charge >= 0.3 is 0 Å². The zero-order valence-electron chi connectivity index (χ0n) is 11.9. The number of nitriles is 4. The normalized spacial score (nSPS) is 35.6. The highest BCUT2D eigenvalue weighted by Crippen LogP contribution is 2.72. The van der Waals surface area contributed by atoms with E-state index in [1.54, 1.807) is 0 Å². The fraction of sp³-hybridized carbons (Fsp3) is 0.625. The highest BCUT2D eigenvalue weighted by molar-refractivity contribution is 5.50. The first-order chi connectivity index (χ1) is 9.35. The summed E-state index contributed by atoms with van der Waals surface area (Å²) in [5.74, 6) is 0.00368. The maximum absolute atomic E-state index is 9.78. The van der Waals surface area contributed by atoms with Crippen molar-refractivity contribution in [1.82, 2.24) is 0 Å². The van der Waals surface area contributed by atoms with Crippen LogP contribution in [0.15, 0.2) is 12.2 Å². The zero-order chi connectivity index (χ0) is 15.2. The Balaban J connectivity index is 2.97. The highest BCUT2D eigenvalue weighted by Gasteiger charge is 2.76. The van der Waals surface area contributed by atoms with E-state index in [2.05, 4.69) is 24.3 Å². The van der Waals surface area contributed by atoms with Gasteiger partial charge in [-0.2, -0.15) is 21.0 Å². The van der Waals surface area contributed by atoms with Crippen LogP contribution in [0.3, 0.4) is 0 Å². The molecule has 0 spiro atoms. The smallest absolute Gasteiger partial charge is 0.185 e. The molecule has 0 aromatic carbocycles. The summed E-state index contributed by atoms with van der Waals surface area (Å²) < 4.78 is 0. The number of nitrogens with zero attached hydrogens (tertiary/aromatic N) is 4. The Morgan fingerprint density at radius 3 is 1.65 bits per heavy atom. The fourth-order valence-corrected chi connectivity index (χ4v) is 4.13. The molecule has 100 valence electrons. The Morgan fingerprint density at radius 2 is 1.35 bits per heavy atom. The third kappa shape index (κ3) is 1.06. The highest BCUT2D eigenvalue weighted by atomic mass is 14.7. The van der Waals surface area contributed by atoms with E-state index in [9.17, 15) is 21.0 Å². The van der Waals surface area contributed by atoms with Crippen molar-refractivity contribution < 1.29 is 0 Å². The van der Waals surface area contributed by atoms with E-state index in [-0.39, 0.29) is 5.92 Å². The van der Waals surface area contributed by atoms with Gasteiger partial charge in [0.25, 0.3) is 0 Å². The predicted octanol–water partition coefficient (Wildman–Crippen LogP) is 3.07. The van der Waals surface area contributed by atoms with Crippen LogP contribution in [-0.4, -0.2) is 0 Å². The maximum Gasteiger partial charge on any atom is 0.185 e. The Hall–Kier alpha value is -2.30. The minimum Gasteiger partial charge on any atom is -0.196 e. The van der Waals surface area contributed by atoms with Crippen LogP contribution >= 0.6 is 0 Å². The van der Waals surface area contributed by atoms with Crippen molar-refractivity contribution in [2.45, 2.75) is 33.6 Å². The molecule has 0 saturated heterocycles. The van der Waals surface area contributed by atoms with Crippen molar-refractivity contribution in [2.24, 2.45) is 27.6 Å². The largest absolute Gasteiger partial charge is 0.196 e. The molecule has 0 amide bonds. The van der Waals surface area contributed by atoms with Crippen LogP contribution in [0.2, 0.25) is 0 Å². The predicted molar refractivity (Wildman–Crippen MR) is 71.1 cm³/mol. The molecule has 0 heterocycles. The van der Waals surface area contributed by atoms with E-state index >= 15 is 0 Å². The average molecular weight is 264 g/mol. The van der Waals surface area contributed by atoms with Crippen molar-refractivity contribution >= 4 is 0 Å². The van der Waals surface area contributed by atoms with Gasteiger partial charge in [0, 0.05) is 10.8 Å². The molecule has 3 rings (SSSR count). The van der Waals surface area contributed by atoms with Gasteiger partial charge in [0.1, 0.15) is 0 Å². The minimum absolute atomic E-state index is 0.00368. The van der Waals surface area contributed by atoms with Crippen molar-refractivity contribution in [3.63, 3.8) is 0 Å². The van der Waals surface area contributed by atoms with Crippen LogP contribution < -0.4 is 0 Å². The van der Waals surface area contributed by atoms with E-state index in [0.29, 0.717) is 12.8 Å². The lowest BCUT2D eigenvalue weighted by molar-refractivity contribution is -0.0684. The second-order valence-corrected chi connectivity index (χ2v) is 6.39. The van der Waals surface area contributed by atoms with Crippen LogP contribution in [0.5, 0.6) is 0 Å². The van der Waals surface area contributed by atoms with Gasteiger partial charge in [-0.05, 0) is 18.8 Å². The molecular weight excluding hydrogens is 248 g/mol. The number of hydrogen-bond donors (Lipinski definition) is 0. The molecule has 0 unspecified atom stereocenters. The topological polar surface area (TPSA) is 95.2 Å². The SMILES string of the molecule is CC(C)[C@]12C=C[C@](C)(CC1)C(C#N)(C#N)C2(C#N)C#N. The molecule has 4 heteroatoms. The van der Waals surface area contributed by atoms with Gasteiger partial charge in [0.15, 0.2) is 10.8 Å². The molecule has 3 aliphatic carbocycles. The molecule has 4 nitrogen and oxygen atoms in total. The molecular formula is C16H16N4. The van der Waals surface area contributed by atoms with Crippen molar-refractivity contribution in [3.8, 4) is 24.3 Å². The van der Waals surface area contributed by atoms with Crippen LogP contribution in [0, 0.1) is 72.9 Å². The Morgan fingerprint density at radius 1 is 0.850 bits per heavy atom. The Kier molecular flexibility index (Phi) is 2.72. The zero-order valence-corrected chi connectivity index (χ0v) is 11.9. The fourth-order valence-electron chi connectivity index (χ4n) is 4.13. The molecule has 0 radical (unpaired) electrons. The van der Waals surface area contributed by atoms with Crippen molar-refractivity contribution in [2.75, 3.05) is 0 Å². The van der Waals surface area contributed by atoms with Crippen LogP contribution in [0.1, 0.15) is 33.6 Å².